The van der Waals surface area contributed by atoms with Crippen molar-refractivity contribution in [2.24, 2.45) is 5.41 Å². The van der Waals surface area contributed by atoms with Gasteiger partial charge >= 0.3 is 12.3 Å². The van der Waals surface area contributed by atoms with Crippen LogP contribution in [0.15, 0.2) is 30.6 Å². The number of alkyl halides is 3. The van der Waals surface area contributed by atoms with E-state index in [9.17, 15) is 28.0 Å². The number of carbonyl (C=O) groups excluding carboxylic acids is 2. The summed E-state index contributed by atoms with van der Waals surface area (Å²) in [4.78, 5) is 36.5. The summed E-state index contributed by atoms with van der Waals surface area (Å²) in [6, 6.07) is 10.3. The number of amides is 2. The molecule has 276 valence electrons. The lowest BCUT2D eigenvalue weighted by atomic mass is 9.79. The predicted octanol–water partition coefficient (Wildman–Crippen LogP) is 6.57. The van der Waals surface area contributed by atoms with Gasteiger partial charge in [0.25, 0.3) is 0 Å². The van der Waals surface area contributed by atoms with Crippen LogP contribution >= 0.6 is 11.3 Å². The minimum absolute atomic E-state index is 0.122. The summed E-state index contributed by atoms with van der Waals surface area (Å²) in [5, 5.41) is 21.0. The molecule has 2 amide bonds. The maximum atomic E-state index is 13.0. The Balaban J connectivity index is 0.964. The van der Waals surface area contributed by atoms with Crippen molar-refractivity contribution in [1.29, 1.82) is 5.26 Å². The van der Waals surface area contributed by atoms with E-state index < -0.39 is 24.3 Å². The molecule has 2 unspecified atom stereocenters. The molecule has 52 heavy (non-hydrogen) atoms. The molecule has 4 aromatic rings. The number of halogens is 3. The number of rotatable bonds is 10. The van der Waals surface area contributed by atoms with E-state index in [0.29, 0.717) is 28.3 Å². The van der Waals surface area contributed by atoms with Crippen LogP contribution in [0, 0.1) is 23.7 Å². The number of nitrogens with one attached hydrogen (secondary N) is 3. The molecule has 7 rings (SSSR count). The van der Waals surface area contributed by atoms with Crippen molar-refractivity contribution in [3.8, 4) is 6.07 Å². The monoisotopic (exact) mass is 736 g/mol. The molecule has 3 fully saturated rings. The molecular formula is C37H43F3N8O3S. The number of hydrogen-bond donors (Lipinski definition) is 3. The Labute approximate surface area is 303 Å². The van der Waals surface area contributed by atoms with Crippen LogP contribution in [0.25, 0.3) is 21.1 Å². The number of piperidine rings is 1. The first-order chi connectivity index (χ1) is 24.6. The molecule has 1 aromatic carbocycles. The first-order valence-electron chi connectivity index (χ1n) is 17.6. The lowest BCUT2D eigenvalue weighted by Gasteiger charge is -2.37. The lowest BCUT2D eigenvalue weighted by molar-refractivity contribution is -0.126. The summed E-state index contributed by atoms with van der Waals surface area (Å²) in [5.41, 5.74) is 2.84. The third-order valence-electron chi connectivity index (χ3n) is 10.9. The average molecular weight is 737 g/mol. The second-order valence-corrected chi connectivity index (χ2v) is 16.7. The molecule has 11 nitrogen and oxygen atoms in total. The number of thiophene rings is 1. The molecule has 0 radical (unpaired) electrons. The van der Waals surface area contributed by atoms with Gasteiger partial charge in [-0.3, -0.25) is 9.69 Å². The fourth-order valence-electron chi connectivity index (χ4n) is 8.03. The SMILES string of the molecule is Cc1c(CN2CCC(Nc3ncnc4sc(CC(F)(F)F)cc34)CC2)ccc2c1cc(C#N)n2CC12CCC1(NC(=O)CNC(=O)OC(C)(C)C)C2. The van der Waals surface area contributed by atoms with Gasteiger partial charge in [-0.1, -0.05) is 6.07 Å². The summed E-state index contributed by atoms with van der Waals surface area (Å²) in [6.07, 6.45) is -0.109. The molecule has 3 aliphatic rings. The highest BCUT2D eigenvalue weighted by atomic mass is 32.1. The zero-order valence-electron chi connectivity index (χ0n) is 29.7. The number of anilines is 1. The maximum absolute atomic E-state index is 13.0. The van der Waals surface area contributed by atoms with Crippen molar-refractivity contribution in [2.75, 3.05) is 25.0 Å². The van der Waals surface area contributed by atoms with E-state index in [1.54, 1.807) is 26.8 Å². The van der Waals surface area contributed by atoms with Crippen LogP contribution < -0.4 is 16.0 Å². The first kappa shape index (κ1) is 36.0. The highest BCUT2D eigenvalue weighted by Crippen LogP contribution is 2.71. The molecule has 2 aliphatic carbocycles. The van der Waals surface area contributed by atoms with E-state index in [-0.39, 0.29) is 34.3 Å². The zero-order chi connectivity index (χ0) is 37.1. The van der Waals surface area contributed by atoms with E-state index in [1.165, 1.54) is 11.9 Å². The average Bonchev–Trinajstić information content (AvgIpc) is 3.40. The van der Waals surface area contributed by atoms with E-state index >= 15 is 0 Å². The number of ether oxygens (including phenoxy) is 1. The van der Waals surface area contributed by atoms with Crippen LogP contribution in [-0.2, 0) is 29.0 Å². The van der Waals surface area contributed by atoms with Crippen molar-refractivity contribution >= 4 is 50.3 Å². The number of benzene rings is 1. The largest absolute Gasteiger partial charge is 0.444 e. The number of aromatic nitrogens is 3. The van der Waals surface area contributed by atoms with E-state index in [2.05, 4.69) is 60.5 Å². The zero-order valence-corrected chi connectivity index (χ0v) is 30.6. The lowest BCUT2D eigenvalue weighted by Crippen LogP contribution is -2.51. The standard InChI is InChI=1S/C37H43F3N8O3S/c1-22-23(18-47-11-7-24(8-12-47)45-31-28-14-26(15-37(38,39)40)52-32(28)44-21-43-31)5-6-29-27(22)13-25(16-41)48(29)20-35-9-10-36(35,19-35)46-30(49)17-42-33(50)51-34(2,3)4/h5-6,13-14,21,24H,7-12,15,17-20H2,1-4H3,(H,42,50)(H,46,49)(H,43,44,45). The van der Waals surface area contributed by atoms with Gasteiger partial charge in [0.15, 0.2) is 0 Å². The van der Waals surface area contributed by atoms with Crippen LogP contribution in [-0.4, -0.2) is 74.4 Å². The fourth-order valence-corrected chi connectivity index (χ4v) is 9.05. The minimum Gasteiger partial charge on any atom is -0.444 e. The summed E-state index contributed by atoms with van der Waals surface area (Å²) in [5.74, 6) is 0.326. The summed E-state index contributed by atoms with van der Waals surface area (Å²) in [7, 11) is 0. The van der Waals surface area contributed by atoms with Gasteiger partial charge in [-0.2, -0.15) is 18.4 Å². The maximum Gasteiger partial charge on any atom is 0.408 e. The molecule has 3 N–H and O–H groups in total. The third-order valence-corrected chi connectivity index (χ3v) is 11.9. The molecular weight excluding hydrogens is 694 g/mol. The number of nitrogens with zero attached hydrogens (tertiary/aromatic N) is 5. The Morgan fingerprint density at radius 3 is 2.56 bits per heavy atom. The molecule has 0 bridgehead atoms. The molecule has 3 aromatic heterocycles. The van der Waals surface area contributed by atoms with Crippen molar-refractivity contribution in [1.82, 2.24) is 30.1 Å². The van der Waals surface area contributed by atoms with Gasteiger partial charge in [0.1, 0.15) is 40.9 Å². The number of hydrogen-bond acceptors (Lipinski definition) is 9. The van der Waals surface area contributed by atoms with Crippen LogP contribution in [0.2, 0.25) is 0 Å². The normalized spacial score (nSPS) is 22.0. The Morgan fingerprint density at radius 1 is 1.12 bits per heavy atom. The van der Waals surface area contributed by atoms with E-state index in [0.717, 1.165) is 79.5 Å². The highest BCUT2D eigenvalue weighted by molar-refractivity contribution is 7.18. The van der Waals surface area contributed by atoms with Crippen LogP contribution in [0.1, 0.15) is 74.6 Å². The third kappa shape index (κ3) is 7.28. The van der Waals surface area contributed by atoms with Crippen LogP contribution in [0.4, 0.5) is 23.8 Å². The van der Waals surface area contributed by atoms with E-state index in [1.807, 2.05) is 6.07 Å². The molecule has 2 atom stereocenters. The number of alkyl carbamates (subject to hydrolysis) is 1. The van der Waals surface area contributed by atoms with Gasteiger partial charge < -0.3 is 25.3 Å². The van der Waals surface area contributed by atoms with Crippen LogP contribution in [0.3, 0.4) is 0 Å². The topological polar surface area (TPSA) is 137 Å². The quantitative estimate of drug-likeness (QED) is 0.166. The molecule has 0 spiro atoms. The fraction of sp³-hybridized carbons (Fsp3) is 0.541. The van der Waals surface area contributed by atoms with E-state index in [4.69, 9.17) is 4.74 Å². The predicted molar refractivity (Wildman–Crippen MR) is 192 cm³/mol. The molecule has 4 heterocycles. The highest BCUT2D eigenvalue weighted by Gasteiger charge is 2.74. The molecule has 1 saturated heterocycles. The van der Waals surface area contributed by atoms with Gasteiger partial charge in [-0.05, 0) is 89.1 Å². The number of fused-ring (bicyclic) bond motifs is 3. The van der Waals surface area contributed by atoms with Gasteiger partial charge in [0.2, 0.25) is 5.91 Å². The van der Waals surface area contributed by atoms with Gasteiger partial charge in [0.05, 0.1) is 11.8 Å². The Morgan fingerprint density at radius 2 is 1.88 bits per heavy atom. The van der Waals surface area contributed by atoms with Crippen LogP contribution in [0.5, 0.6) is 0 Å². The van der Waals surface area contributed by atoms with Gasteiger partial charge in [0, 0.05) is 59.0 Å². The van der Waals surface area contributed by atoms with Gasteiger partial charge in [-0.15, -0.1) is 11.3 Å². The number of nitriles is 1. The van der Waals surface area contributed by atoms with Crippen molar-refractivity contribution < 1.29 is 27.5 Å². The Bertz CT molecular complexity index is 2070. The van der Waals surface area contributed by atoms with Crippen molar-refractivity contribution in [2.45, 2.75) is 103 Å². The first-order valence-corrected chi connectivity index (χ1v) is 18.5. The van der Waals surface area contributed by atoms with Crippen molar-refractivity contribution in [3.63, 3.8) is 0 Å². The summed E-state index contributed by atoms with van der Waals surface area (Å²) in [6.45, 7) is 10.3. The van der Waals surface area contributed by atoms with Crippen molar-refractivity contribution in [3.05, 3.63) is 52.3 Å². The second kappa shape index (κ2) is 13.2. The molecule has 2 saturated carbocycles. The molecule has 15 heteroatoms. The summed E-state index contributed by atoms with van der Waals surface area (Å²) < 4.78 is 46.3. The Kier molecular flexibility index (Phi) is 9.14. The minimum atomic E-state index is -4.27. The number of carbonyl (C=O) groups is 2. The molecule has 1 aliphatic heterocycles. The second-order valence-electron chi connectivity index (χ2n) is 15.6. The smallest absolute Gasteiger partial charge is 0.408 e. The Hall–Kier alpha value is -4.42. The number of aryl methyl sites for hydroxylation is 1. The number of likely N-dealkylation sites (tertiary alicyclic amines) is 1. The van der Waals surface area contributed by atoms with Gasteiger partial charge in [-0.25, -0.2) is 14.8 Å². The summed E-state index contributed by atoms with van der Waals surface area (Å²) >= 11 is 1.05.